The molecule has 1 aromatic carbocycles. The molecule has 0 N–H and O–H groups in total. The van der Waals surface area contributed by atoms with Crippen molar-refractivity contribution in [3.05, 3.63) is 47.2 Å². The van der Waals surface area contributed by atoms with Gasteiger partial charge in [0.2, 0.25) is 0 Å². The Morgan fingerprint density at radius 3 is 2.65 bits per heavy atom. The SMILES string of the molecule is CCOC(=O)C(=O)C1CCC2=C(CN(OCc3ccccc3)N2C)C1=O. The van der Waals surface area contributed by atoms with Crippen LogP contribution in [0.4, 0.5) is 0 Å². The maximum absolute atomic E-state index is 12.7. The third-order valence-corrected chi connectivity index (χ3v) is 4.67. The van der Waals surface area contributed by atoms with Crippen molar-refractivity contribution in [1.29, 1.82) is 0 Å². The number of nitrogens with zero attached hydrogens (tertiary/aromatic N) is 2. The van der Waals surface area contributed by atoms with Crippen molar-refractivity contribution in [3.63, 3.8) is 0 Å². The lowest BCUT2D eigenvalue weighted by Crippen LogP contribution is -2.35. The van der Waals surface area contributed by atoms with Crippen LogP contribution in [-0.2, 0) is 30.6 Å². The van der Waals surface area contributed by atoms with Crippen molar-refractivity contribution in [3.8, 4) is 0 Å². The lowest BCUT2D eigenvalue weighted by molar-refractivity contribution is -0.257. The largest absolute Gasteiger partial charge is 0.460 e. The Morgan fingerprint density at radius 2 is 1.96 bits per heavy atom. The van der Waals surface area contributed by atoms with Crippen molar-refractivity contribution in [2.45, 2.75) is 26.4 Å². The summed E-state index contributed by atoms with van der Waals surface area (Å²) < 4.78 is 4.74. The topological polar surface area (TPSA) is 76.2 Å². The molecule has 0 radical (unpaired) electrons. The van der Waals surface area contributed by atoms with E-state index in [1.165, 1.54) is 0 Å². The van der Waals surface area contributed by atoms with Crippen molar-refractivity contribution in [1.82, 2.24) is 10.2 Å². The minimum Gasteiger partial charge on any atom is -0.460 e. The van der Waals surface area contributed by atoms with E-state index < -0.39 is 17.7 Å². The van der Waals surface area contributed by atoms with Gasteiger partial charge in [-0.2, -0.15) is 0 Å². The summed E-state index contributed by atoms with van der Waals surface area (Å²) in [6.45, 7) is 2.39. The number of allylic oxidation sites excluding steroid dienone is 1. The minimum atomic E-state index is -0.949. The second kappa shape index (κ2) is 7.80. The van der Waals surface area contributed by atoms with Gasteiger partial charge < -0.3 is 4.74 Å². The Labute approximate surface area is 152 Å². The lowest BCUT2D eigenvalue weighted by atomic mass is 9.83. The summed E-state index contributed by atoms with van der Waals surface area (Å²) in [7, 11) is 1.83. The number of ether oxygens (including phenoxy) is 1. The minimum absolute atomic E-state index is 0.114. The first-order valence-corrected chi connectivity index (χ1v) is 8.68. The van der Waals surface area contributed by atoms with Gasteiger partial charge in [-0.15, -0.1) is 0 Å². The van der Waals surface area contributed by atoms with Crippen LogP contribution < -0.4 is 0 Å². The van der Waals surface area contributed by atoms with Gasteiger partial charge in [-0.05, 0) is 25.3 Å². The molecule has 1 aliphatic heterocycles. The third kappa shape index (κ3) is 3.54. The summed E-state index contributed by atoms with van der Waals surface area (Å²) >= 11 is 0. The van der Waals surface area contributed by atoms with E-state index in [-0.39, 0.29) is 18.9 Å². The molecule has 0 amide bonds. The van der Waals surface area contributed by atoms with E-state index in [0.717, 1.165) is 11.3 Å². The highest BCUT2D eigenvalue weighted by Gasteiger charge is 2.43. The van der Waals surface area contributed by atoms with Gasteiger partial charge in [0.05, 0.1) is 25.7 Å². The number of hydrazine groups is 1. The van der Waals surface area contributed by atoms with Gasteiger partial charge in [0.25, 0.3) is 5.78 Å². The molecule has 0 saturated heterocycles. The molecule has 1 aromatic rings. The van der Waals surface area contributed by atoms with E-state index in [9.17, 15) is 14.4 Å². The number of esters is 1. The van der Waals surface area contributed by atoms with Gasteiger partial charge in [0, 0.05) is 18.3 Å². The summed E-state index contributed by atoms with van der Waals surface area (Å²) in [6, 6.07) is 9.73. The van der Waals surface area contributed by atoms with Gasteiger partial charge in [0.15, 0.2) is 5.78 Å². The fraction of sp³-hybridized carbons (Fsp3) is 0.421. The Bertz CT molecular complexity index is 744. The first-order chi connectivity index (χ1) is 12.5. The summed E-state index contributed by atoms with van der Waals surface area (Å²) in [4.78, 5) is 42.4. The van der Waals surface area contributed by atoms with Crippen LogP contribution in [0.1, 0.15) is 25.3 Å². The highest BCUT2D eigenvalue weighted by atomic mass is 16.7. The Kier molecular flexibility index (Phi) is 5.49. The first kappa shape index (κ1) is 18.3. The van der Waals surface area contributed by atoms with Gasteiger partial charge in [0.1, 0.15) is 0 Å². The fourth-order valence-electron chi connectivity index (χ4n) is 3.27. The molecular weight excluding hydrogens is 336 g/mol. The van der Waals surface area contributed by atoms with Gasteiger partial charge >= 0.3 is 5.97 Å². The van der Waals surface area contributed by atoms with E-state index in [1.807, 2.05) is 37.4 Å². The number of hydroxylamine groups is 1. The number of ketones is 2. The summed E-state index contributed by atoms with van der Waals surface area (Å²) in [5.74, 6) is -2.94. The highest BCUT2D eigenvalue weighted by molar-refractivity contribution is 6.39. The molecule has 1 unspecified atom stereocenters. The number of rotatable bonds is 6. The molecule has 0 bridgehead atoms. The smallest absolute Gasteiger partial charge is 0.375 e. The average Bonchev–Trinajstić information content (AvgIpc) is 2.98. The number of hydrogen-bond donors (Lipinski definition) is 0. The van der Waals surface area contributed by atoms with E-state index in [1.54, 1.807) is 17.1 Å². The summed E-state index contributed by atoms with van der Waals surface area (Å²) in [6.07, 6.45) is 0.852. The maximum Gasteiger partial charge on any atom is 0.375 e. The predicted molar refractivity (Wildman–Crippen MR) is 92.1 cm³/mol. The molecule has 0 fully saturated rings. The monoisotopic (exact) mass is 358 g/mol. The van der Waals surface area contributed by atoms with E-state index in [2.05, 4.69) is 0 Å². The highest BCUT2D eigenvalue weighted by Crippen LogP contribution is 2.35. The standard InChI is InChI=1S/C19H22N2O5/c1-3-25-19(24)18(23)14-9-10-16-15(17(14)22)11-21(20(16)2)26-12-13-7-5-4-6-8-13/h4-8,14H,3,9-12H2,1-2H3. The predicted octanol–water partition coefficient (Wildman–Crippen LogP) is 1.65. The van der Waals surface area contributed by atoms with Crippen molar-refractivity contribution < 1.29 is 24.0 Å². The molecular formula is C19H22N2O5. The van der Waals surface area contributed by atoms with Gasteiger partial charge in [-0.3, -0.25) is 19.4 Å². The Hall–Kier alpha value is -2.51. The van der Waals surface area contributed by atoms with Crippen molar-refractivity contribution >= 4 is 17.5 Å². The Balaban J connectivity index is 1.65. The molecule has 0 spiro atoms. The van der Waals surface area contributed by atoms with Crippen LogP contribution >= 0.6 is 0 Å². The van der Waals surface area contributed by atoms with Crippen LogP contribution in [0.25, 0.3) is 0 Å². The molecule has 3 rings (SSSR count). The van der Waals surface area contributed by atoms with Crippen LogP contribution in [0.15, 0.2) is 41.6 Å². The number of Topliss-reactive ketones (excluding diaryl/α,β-unsaturated/α-hetero) is 2. The average molecular weight is 358 g/mol. The van der Waals surface area contributed by atoms with E-state index >= 15 is 0 Å². The van der Waals surface area contributed by atoms with Gasteiger partial charge in [-0.25, -0.2) is 4.79 Å². The first-order valence-electron chi connectivity index (χ1n) is 8.68. The third-order valence-electron chi connectivity index (χ3n) is 4.67. The molecule has 0 saturated carbocycles. The molecule has 138 valence electrons. The molecule has 1 atom stereocenters. The lowest BCUT2D eigenvalue weighted by Gasteiger charge is -2.28. The zero-order chi connectivity index (χ0) is 18.7. The second-order valence-electron chi connectivity index (χ2n) is 6.26. The van der Waals surface area contributed by atoms with Crippen molar-refractivity contribution in [2.75, 3.05) is 20.2 Å². The molecule has 1 heterocycles. The molecule has 0 aromatic heterocycles. The molecule has 7 nitrogen and oxygen atoms in total. The van der Waals surface area contributed by atoms with E-state index in [4.69, 9.17) is 9.57 Å². The zero-order valence-electron chi connectivity index (χ0n) is 14.9. The van der Waals surface area contributed by atoms with Gasteiger partial charge in [-0.1, -0.05) is 35.5 Å². The normalized spacial score (nSPS) is 20.3. The number of carbonyl (C=O) groups is 3. The second-order valence-corrected chi connectivity index (χ2v) is 6.26. The molecule has 1 aliphatic carbocycles. The number of benzene rings is 1. The van der Waals surface area contributed by atoms with Crippen LogP contribution in [-0.4, -0.2) is 47.9 Å². The number of hydrogen-bond acceptors (Lipinski definition) is 7. The molecule has 26 heavy (non-hydrogen) atoms. The number of carbonyl (C=O) groups excluding carboxylic acids is 3. The van der Waals surface area contributed by atoms with E-state index in [0.29, 0.717) is 25.0 Å². The maximum atomic E-state index is 12.7. The Morgan fingerprint density at radius 1 is 1.23 bits per heavy atom. The molecule has 7 heteroatoms. The quantitative estimate of drug-likeness (QED) is 0.435. The van der Waals surface area contributed by atoms with Crippen LogP contribution in [0.2, 0.25) is 0 Å². The summed E-state index contributed by atoms with van der Waals surface area (Å²) in [5.41, 5.74) is 2.40. The zero-order valence-corrected chi connectivity index (χ0v) is 14.9. The fourth-order valence-corrected chi connectivity index (χ4v) is 3.27. The van der Waals surface area contributed by atoms with Crippen LogP contribution in [0, 0.1) is 5.92 Å². The molecule has 2 aliphatic rings. The van der Waals surface area contributed by atoms with Crippen LogP contribution in [0.3, 0.4) is 0 Å². The summed E-state index contributed by atoms with van der Waals surface area (Å²) in [5, 5.41) is 3.42. The van der Waals surface area contributed by atoms with Crippen LogP contribution in [0.5, 0.6) is 0 Å². The van der Waals surface area contributed by atoms with Crippen molar-refractivity contribution in [2.24, 2.45) is 5.92 Å².